The number of thioether (sulfide) groups is 1. The number of halogens is 1. The van der Waals surface area contributed by atoms with Crippen LogP contribution in [0.3, 0.4) is 0 Å². The molecule has 1 saturated heterocycles. The standard InChI is InChI=1S/C21H20ClN3O4S2/c1-24(14-10-11-31(28,29)13-14)19(26)12-30-21-23-17-8-4-2-6-15(17)20(27)25(21)18-9-5-3-7-16(18)22/h2-9,14H,10-13H2,1H3/t14-/m0/s1. The number of benzene rings is 2. The molecule has 1 aromatic heterocycles. The average molecular weight is 478 g/mol. The fraction of sp³-hybridized carbons (Fsp3) is 0.286. The number of carbonyl (C=O) groups is 1. The van der Waals surface area contributed by atoms with Crippen LogP contribution in [0.15, 0.2) is 58.5 Å². The number of sulfone groups is 1. The summed E-state index contributed by atoms with van der Waals surface area (Å²) in [7, 11) is -1.48. The predicted molar refractivity (Wildman–Crippen MR) is 123 cm³/mol. The molecule has 1 atom stereocenters. The zero-order chi connectivity index (χ0) is 22.2. The quantitative estimate of drug-likeness (QED) is 0.414. The first-order valence-corrected chi connectivity index (χ1v) is 12.8. The van der Waals surface area contributed by atoms with Crippen molar-refractivity contribution in [3.8, 4) is 5.69 Å². The van der Waals surface area contributed by atoms with Crippen LogP contribution in [0.25, 0.3) is 16.6 Å². The Labute approximate surface area is 189 Å². The van der Waals surface area contributed by atoms with Crippen LogP contribution < -0.4 is 5.56 Å². The highest BCUT2D eigenvalue weighted by molar-refractivity contribution is 7.99. The Morgan fingerprint density at radius 2 is 1.94 bits per heavy atom. The number of rotatable bonds is 5. The molecule has 2 aromatic carbocycles. The van der Waals surface area contributed by atoms with E-state index < -0.39 is 9.84 Å². The largest absolute Gasteiger partial charge is 0.341 e. The van der Waals surface area contributed by atoms with Gasteiger partial charge in [0.1, 0.15) is 0 Å². The maximum atomic E-state index is 13.3. The molecule has 4 rings (SSSR count). The third-order valence-corrected chi connectivity index (χ3v) is 8.31. The van der Waals surface area contributed by atoms with Crippen LogP contribution in [0.1, 0.15) is 6.42 Å². The number of amides is 1. The summed E-state index contributed by atoms with van der Waals surface area (Å²) in [6, 6.07) is 13.6. The second-order valence-electron chi connectivity index (χ2n) is 7.35. The van der Waals surface area contributed by atoms with Crippen LogP contribution >= 0.6 is 23.4 Å². The van der Waals surface area contributed by atoms with Crippen molar-refractivity contribution < 1.29 is 13.2 Å². The topological polar surface area (TPSA) is 89.3 Å². The number of para-hydroxylation sites is 2. The Morgan fingerprint density at radius 3 is 2.65 bits per heavy atom. The normalized spacial score (nSPS) is 17.7. The van der Waals surface area contributed by atoms with Crippen molar-refractivity contribution >= 4 is 50.0 Å². The lowest BCUT2D eigenvalue weighted by Crippen LogP contribution is -2.39. The molecule has 1 aliphatic rings. The Bertz CT molecular complexity index is 1320. The van der Waals surface area contributed by atoms with E-state index in [-0.39, 0.29) is 34.8 Å². The zero-order valence-electron chi connectivity index (χ0n) is 16.7. The summed E-state index contributed by atoms with van der Waals surface area (Å²) >= 11 is 7.48. The number of hydrogen-bond donors (Lipinski definition) is 0. The van der Waals surface area contributed by atoms with E-state index in [2.05, 4.69) is 4.98 Å². The molecular weight excluding hydrogens is 458 g/mol. The smallest absolute Gasteiger partial charge is 0.266 e. The second kappa shape index (κ2) is 8.64. The summed E-state index contributed by atoms with van der Waals surface area (Å²) in [6.45, 7) is 0. The lowest BCUT2D eigenvalue weighted by atomic mass is 10.2. The predicted octanol–water partition coefficient (Wildman–Crippen LogP) is 2.78. The van der Waals surface area contributed by atoms with Crippen molar-refractivity contribution in [1.29, 1.82) is 0 Å². The van der Waals surface area contributed by atoms with Crippen LogP contribution in [-0.4, -0.2) is 59.1 Å². The molecule has 0 aliphatic carbocycles. The minimum atomic E-state index is -3.09. The molecule has 7 nitrogen and oxygen atoms in total. The molecule has 2 heterocycles. The minimum absolute atomic E-state index is 0.0154. The summed E-state index contributed by atoms with van der Waals surface area (Å²) in [5.74, 6) is -0.123. The Morgan fingerprint density at radius 1 is 1.23 bits per heavy atom. The molecule has 0 spiro atoms. The van der Waals surface area contributed by atoms with Crippen LogP contribution in [0.2, 0.25) is 5.02 Å². The molecule has 0 saturated carbocycles. The van der Waals surface area contributed by atoms with Gasteiger partial charge in [0.15, 0.2) is 15.0 Å². The molecule has 31 heavy (non-hydrogen) atoms. The van der Waals surface area contributed by atoms with E-state index in [9.17, 15) is 18.0 Å². The van der Waals surface area contributed by atoms with Crippen molar-refractivity contribution in [2.75, 3.05) is 24.3 Å². The van der Waals surface area contributed by atoms with E-state index in [0.717, 1.165) is 11.8 Å². The lowest BCUT2D eigenvalue weighted by molar-refractivity contribution is -0.128. The molecule has 1 aliphatic heterocycles. The number of hydrogen-bond acceptors (Lipinski definition) is 6. The second-order valence-corrected chi connectivity index (χ2v) is 10.9. The molecule has 3 aromatic rings. The van der Waals surface area contributed by atoms with Crippen molar-refractivity contribution in [2.45, 2.75) is 17.6 Å². The van der Waals surface area contributed by atoms with Crippen LogP contribution in [0.4, 0.5) is 0 Å². The van der Waals surface area contributed by atoms with Crippen LogP contribution in [0.5, 0.6) is 0 Å². The first kappa shape index (κ1) is 21.9. The molecule has 10 heteroatoms. The fourth-order valence-corrected chi connectivity index (χ4v) is 6.49. The van der Waals surface area contributed by atoms with Gasteiger partial charge in [-0.25, -0.2) is 13.4 Å². The highest BCUT2D eigenvalue weighted by Gasteiger charge is 2.32. The van der Waals surface area contributed by atoms with Gasteiger partial charge in [0, 0.05) is 13.1 Å². The van der Waals surface area contributed by atoms with Gasteiger partial charge in [-0.3, -0.25) is 14.2 Å². The SMILES string of the molecule is CN(C(=O)CSc1nc2ccccc2c(=O)n1-c1ccccc1Cl)[C@H]1CCS(=O)(=O)C1. The van der Waals surface area contributed by atoms with E-state index >= 15 is 0 Å². The van der Waals surface area contributed by atoms with Crippen molar-refractivity contribution in [1.82, 2.24) is 14.5 Å². The van der Waals surface area contributed by atoms with Crippen LogP contribution in [-0.2, 0) is 14.6 Å². The average Bonchev–Trinajstić information content (AvgIpc) is 3.12. The van der Waals surface area contributed by atoms with Crippen molar-refractivity contribution in [3.05, 3.63) is 63.9 Å². The van der Waals surface area contributed by atoms with Gasteiger partial charge in [0.25, 0.3) is 5.56 Å². The summed E-state index contributed by atoms with van der Waals surface area (Å²) < 4.78 is 24.9. The third-order valence-electron chi connectivity index (χ3n) is 5.31. The van der Waals surface area contributed by atoms with Gasteiger partial charge in [-0.05, 0) is 30.7 Å². The molecule has 0 unspecified atom stereocenters. The maximum Gasteiger partial charge on any atom is 0.266 e. The number of fused-ring (bicyclic) bond motifs is 1. The molecular formula is C21H20ClN3O4S2. The van der Waals surface area contributed by atoms with E-state index in [4.69, 9.17) is 11.6 Å². The first-order valence-electron chi connectivity index (χ1n) is 9.62. The molecule has 1 amide bonds. The first-order chi connectivity index (χ1) is 14.8. The molecule has 1 fully saturated rings. The number of nitrogens with zero attached hydrogens (tertiary/aromatic N) is 3. The van der Waals surface area contributed by atoms with Crippen molar-refractivity contribution in [2.24, 2.45) is 0 Å². The number of aromatic nitrogens is 2. The van der Waals surface area contributed by atoms with Crippen molar-refractivity contribution in [3.63, 3.8) is 0 Å². The summed E-state index contributed by atoms with van der Waals surface area (Å²) in [4.78, 5) is 32.1. The summed E-state index contributed by atoms with van der Waals surface area (Å²) in [5.41, 5.74) is 0.738. The fourth-order valence-electron chi connectivity index (χ4n) is 3.57. The minimum Gasteiger partial charge on any atom is -0.341 e. The summed E-state index contributed by atoms with van der Waals surface area (Å²) in [5, 5.41) is 1.19. The van der Waals surface area contributed by atoms with Gasteiger partial charge in [-0.1, -0.05) is 47.6 Å². The Kier molecular flexibility index (Phi) is 6.09. The van der Waals surface area contributed by atoms with E-state index in [1.165, 1.54) is 9.47 Å². The highest BCUT2D eigenvalue weighted by atomic mass is 35.5. The Hall–Kier alpha value is -2.36. The van der Waals surface area contributed by atoms with Gasteiger partial charge >= 0.3 is 0 Å². The maximum absolute atomic E-state index is 13.3. The molecule has 0 radical (unpaired) electrons. The van der Waals surface area contributed by atoms with Gasteiger partial charge < -0.3 is 4.90 Å². The third kappa shape index (κ3) is 4.49. The van der Waals surface area contributed by atoms with E-state index in [1.54, 1.807) is 55.6 Å². The summed E-state index contributed by atoms with van der Waals surface area (Å²) in [6.07, 6.45) is 0.438. The van der Waals surface area contributed by atoms with E-state index in [0.29, 0.717) is 33.2 Å². The van der Waals surface area contributed by atoms with Gasteiger partial charge in [0.05, 0.1) is 38.9 Å². The molecule has 162 valence electrons. The van der Waals surface area contributed by atoms with Gasteiger partial charge in [0.2, 0.25) is 5.91 Å². The van der Waals surface area contributed by atoms with Crippen LogP contribution in [0, 0.1) is 0 Å². The zero-order valence-corrected chi connectivity index (χ0v) is 19.1. The van der Waals surface area contributed by atoms with Gasteiger partial charge in [-0.2, -0.15) is 0 Å². The Balaban J connectivity index is 1.67. The number of carbonyl (C=O) groups excluding carboxylic acids is 1. The van der Waals surface area contributed by atoms with Gasteiger partial charge in [-0.15, -0.1) is 0 Å². The van der Waals surface area contributed by atoms with E-state index in [1.807, 2.05) is 0 Å². The molecule has 0 bridgehead atoms. The lowest BCUT2D eigenvalue weighted by Gasteiger charge is -2.23. The molecule has 0 N–H and O–H groups in total. The monoisotopic (exact) mass is 477 g/mol. The highest BCUT2D eigenvalue weighted by Crippen LogP contribution is 2.26.